The highest BCUT2D eigenvalue weighted by Crippen LogP contribution is 2.24. The van der Waals surface area contributed by atoms with Crippen molar-refractivity contribution < 1.29 is 9.90 Å². The van der Waals surface area contributed by atoms with Gasteiger partial charge in [0, 0.05) is 9.86 Å². The maximum Gasteiger partial charge on any atom is 0.270 e. The molecule has 110 valence electrons. The number of pyridine rings is 1. The molecule has 1 heterocycles. The molecule has 0 radical (unpaired) electrons. The molecule has 0 unspecified atom stereocenters. The van der Waals surface area contributed by atoms with Crippen LogP contribution in [0.1, 0.15) is 36.2 Å². The lowest BCUT2D eigenvalue weighted by atomic mass is 9.92. The quantitative estimate of drug-likeness (QED) is 0.876. The van der Waals surface area contributed by atoms with Gasteiger partial charge >= 0.3 is 0 Å². The summed E-state index contributed by atoms with van der Waals surface area (Å²) in [7, 11) is 0. The van der Waals surface area contributed by atoms with Crippen LogP contribution in [0, 0.1) is 0 Å². The topological polar surface area (TPSA) is 62.2 Å². The van der Waals surface area contributed by atoms with Crippen molar-refractivity contribution in [2.75, 3.05) is 0 Å². The van der Waals surface area contributed by atoms with Gasteiger partial charge in [-0.25, -0.2) is 4.98 Å². The third-order valence-corrected chi connectivity index (χ3v) is 4.60. The number of nitrogens with zero attached hydrogens (tertiary/aromatic N) is 1. The standard InChI is InChI=1S/C16H17BrN2O2/c17-11-9-14(18-12-6-2-1-5-10(11)12)16(21)19-13-7-3-4-8-15(13)20/h1-2,5-6,9,13,15,20H,3-4,7-8H2,(H,19,21)/t13-,15-/m0/s1. The van der Waals surface area contributed by atoms with Gasteiger partial charge in [-0.05, 0) is 25.0 Å². The molecule has 1 amide bonds. The van der Waals surface area contributed by atoms with Crippen molar-refractivity contribution in [1.29, 1.82) is 0 Å². The number of amides is 1. The van der Waals surface area contributed by atoms with Gasteiger partial charge in [0.1, 0.15) is 5.69 Å². The molecule has 5 heteroatoms. The number of aliphatic hydroxyl groups excluding tert-OH is 1. The highest BCUT2D eigenvalue weighted by molar-refractivity contribution is 9.10. The second-order valence-electron chi connectivity index (χ2n) is 5.44. The molecule has 1 saturated carbocycles. The van der Waals surface area contributed by atoms with Crippen LogP contribution in [0.2, 0.25) is 0 Å². The largest absolute Gasteiger partial charge is 0.391 e. The van der Waals surface area contributed by atoms with Gasteiger partial charge < -0.3 is 10.4 Å². The van der Waals surface area contributed by atoms with Crippen molar-refractivity contribution in [3.05, 3.63) is 40.5 Å². The van der Waals surface area contributed by atoms with Crippen molar-refractivity contribution in [3.63, 3.8) is 0 Å². The number of aromatic nitrogens is 1. The number of carbonyl (C=O) groups is 1. The molecule has 21 heavy (non-hydrogen) atoms. The first-order valence-corrected chi connectivity index (χ1v) is 7.98. The van der Waals surface area contributed by atoms with E-state index in [0.717, 1.165) is 41.1 Å². The molecular formula is C16H17BrN2O2. The van der Waals surface area contributed by atoms with Gasteiger partial charge in [0.2, 0.25) is 0 Å². The predicted molar refractivity (Wildman–Crippen MR) is 85.2 cm³/mol. The summed E-state index contributed by atoms with van der Waals surface area (Å²) in [6.07, 6.45) is 3.18. The van der Waals surface area contributed by atoms with Gasteiger partial charge in [0.05, 0.1) is 17.7 Å². The second-order valence-corrected chi connectivity index (χ2v) is 6.29. The van der Waals surface area contributed by atoms with E-state index in [2.05, 4.69) is 26.2 Å². The molecule has 1 aliphatic rings. The molecule has 1 aliphatic carbocycles. The Kier molecular flexibility index (Phi) is 4.22. The van der Waals surface area contributed by atoms with E-state index >= 15 is 0 Å². The summed E-state index contributed by atoms with van der Waals surface area (Å²) in [6, 6.07) is 9.23. The van der Waals surface area contributed by atoms with E-state index in [1.165, 1.54) is 0 Å². The maximum absolute atomic E-state index is 12.3. The number of nitrogens with one attached hydrogen (secondary N) is 1. The first kappa shape index (κ1) is 14.5. The molecule has 1 aromatic heterocycles. The zero-order valence-corrected chi connectivity index (χ0v) is 13.1. The third kappa shape index (κ3) is 3.09. The first-order valence-electron chi connectivity index (χ1n) is 7.19. The molecule has 2 atom stereocenters. The summed E-state index contributed by atoms with van der Waals surface area (Å²) in [5.41, 5.74) is 1.15. The van der Waals surface area contributed by atoms with Crippen molar-refractivity contribution in [2.24, 2.45) is 0 Å². The van der Waals surface area contributed by atoms with Crippen LogP contribution in [0.4, 0.5) is 0 Å². The lowest BCUT2D eigenvalue weighted by molar-refractivity contribution is 0.0714. The number of hydrogen-bond acceptors (Lipinski definition) is 3. The van der Waals surface area contributed by atoms with E-state index in [4.69, 9.17) is 0 Å². The number of halogens is 1. The molecule has 4 nitrogen and oxygen atoms in total. The number of hydrogen-bond donors (Lipinski definition) is 2. The van der Waals surface area contributed by atoms with E-state index in [-0.39, 0.29) is 11.9 Å². The Hall–Kier alpha value is -1.46. The van der Waals surface area contributed by atoms with E-state index in [9.17, 15) is 9.90 Å². The van der Waals surface area contributed by atoms with E-state index in [1.807, 2.05) is 24.3 Å². The van der Waals surface area contributed by atoms with Gasteiger partial charge in [-0.2, -0.15) is 0 Å². The van der Waals surface area contributed by atoms with Crippen LogP contribution < -0.4 is 5.32 Å². The van der Waals surface area contributed by atoms with Crippen molar-refractivity contribution >= 4 is 32.7 Å². The number of benzene rings is 1. The van der Waals surface area contributed by atoms with Gasteiger partial charge in [0.25, 0.3) is 5.91 Å². The Bertz CT molecular complexity index is 674. The molecule has 0 aliphatic heterocycles. The summed E-state index contributed by atoms with van der Waals surface area (Å²) in [4.78, 5) is 16.8. The fraction of sp³-hybridized carbons (Fsp3) is 0.375. The Morgan fingerprint density at radius 3 is 2.86 bits per heavy atom. The molecule has 0 bridgehead atoms. The van der Waals surface area contributed by atoms with E-state index < -0.39 is 6.10 Å². The van der Waals surface area contributed by atoms with Crippen LogP contribution in [-0.4, -0.2) is 28.1 Å². The Balaban J connectivity index is 1.84. The van der Waals surface area contributed by atoms with E-state index in [0.29, 0.717) is 5.69 Å². The van der Waals surface area contributed by atoms with Crippen molar-refractivity contribution in [2.45, 2.75) is 37.8 Å². The van der Waals surface area contributed by atoms with Crippen LogP contribution in [0.5, 0.6) is 0 Å². The summed E-state index contributed by atoms with van der Waals surface area (Å²) in [5.74, 6) is -0.229. The van der Waals surface area contributed by atoms with E-state index in [1.54, 1.807) is 6.07 Å². The molecule has 2 aromatic rings. The normalized spacial score (nSPS) is 22.2. The van der Waals surface area contributed by atoms with Crippen molar-refractivity contribution in [1.82, 2.24) is 10.3 Å². The average Bonchev–Trinajstić information content (AvgIpc) is 2.49. The summed E-state index contributed by atoms with van der Waals surface area (Å²) < 4.78 is 0.849. The number of para-hydroxylation sites is 1. The molecule has 0 saturated heterocycles. The van der Waals surface area contributed by atoms with Gasteiger partial charge in [-0.3, -0.25) is 4.79 Å². The zero-order valence-electron chi connectivity index (χ0n) is 11.6. The average molecular weight is 349 g/mol. The fourth-order valence-electron chi connectivity index (χ4n) is 2.77. The Morgan fingerprint density at radius 1 is 1.29 bits per heavy atom. The Labute approximate surface area is 131 Å². The summed E-state index contributed by atoms with van der Waals surface area (Å²) in [5, 5.41) is 13.8. The van der Waals surface area contributed by atoms with Gasteiger partial charge in [-0.15, -0.1) is 0 Å². The second kappa shape index (κ2) is 6.12. The smallest absolute Gasteiger partial charge is 0.270 e. The highest BCUT2D eigenvalue weighted by Gasteiger charge is 2.25. The third-order valence-electron chi connectivity index (χ3n) is 3.94. The predicted octanol–water partition coefficient (Wildman–Crippen LogP) is 3.03. The summed E-state index contributed by atoms with van der Waals surface area (Å²) >= 11 is 3.48. The van der Waals surface area contributed by atoms with Gasteiger partial charge in [0.15, 0.2) is 0 Å². The molecular weight excluding hydrogens is 332 g/mol. The Morgan fingerprint density at radius 2 is 2.05 bits per heavy atom. The van der Waals surface area contributed by atoms with Gasteiger partial charge in [-0.1, -0.05) is 47.0 Å². The molecule has 2 N–H and O–H groups in total. The van der Waals surface area contributed by atoms with Crippen LogP contribution in [0.25, 0.3) is 10.9 Å². The molecule has 0 spiro atoms. The maximum atomic E-state index is 12.3. The molecule has 3 rings (SSSR count). The lowest BCUT2D eigenvalue weighted by Crippen LogP contribution is -2.45. The monoisotopic (exact) mass is 348 g/mol. The van der Waals surface area contributed by atoms with Crippen molar-refractivity contribution in [3.8, 4) is 0 Å². The number of rotatable bonds is 2. The minimum absolute atomic E-state index is 0.168. The minimum Gasteiger partial charge on any atom is -0.391 e. The fourth-order valence-corrected chi connectivity index (χ4v) is 3.32. The highest BCUT2D eigenvalue weighted by atomic mass is 79.9. The number of fused-ring (bicyclic) bond motifs is 1. The van der Waals surface area contributed by atoms with Crippen LogP contribution >= 0.6 is 15.9 Å². The number of aliphatic hydroxyl groups is 1. The lowest BCUT2D eigenvalue weighted by Gasteiger charge is -2.28. The molecule has 1 aromatic carbocycles. The summed E-state index contributed by atoms with van der Waals surface area (Å²) in [6.45, 7) is 0. The van der Waals surface area contributed by atoms with Crippen LogP contribution in [0.3, 0.4) is 0 Å². The molecule has 1 fully saturated rings. The first-order chi connectivity index (χ1) is 10.1. The van der Waals surface area contributed by atoms with Crippen LogP contribution in [0.15, 0.2) is 34.8 Å². The minimum atomic E-state index is -0.452. The SMILES string of the molecule is O=C(N[C@H]1CCCC[C@@H]1O)c1cc(Br)c2ccccc2n1. The number of carbonyl (C=O) groups excluding carboxylic acids is 1. The zero-order chi connectivity index (χ0) is 14.8. The van der Waals surface area contributed by atoms with Crippen LogP contribution in [-0.2, 0) is 0 Å².